The molecule has 2 N–H and O–H groups in total. The van der Waals surface area contributed by atoms with Gasteiger partial charge in [0.15, 0.2) is 0 Å². The number of carbonyl (C=O) groups excluding carboxylic acids is 1. The van der Waals surface area contributed by atoms with Gasteiger partial charge in [-0.1, -0.05) is 13.3 Å². The molecule has 6 nitrogen and oxygen atoms in total. The quantitative estimate of drug-likeness (QED) is 0.888. The SMILES string of the molecule is CCC1CCC(NC(=O)c2ccc(C#N)c(C)n2)(C(=O)O)CC1. The van der Waals surface area contributed by atoms with Crippen LogP contribution in [0.15, 0.2) is 12.1 Å². The fraction of sp³-hybridized carbons (Fsp3) is 0.529. The highest BCUT2D eigenvalue weighted by molar-refractivity contribution is 5.96. The summed E-state index contributed by atoms with van der Waals surface area (Å²) in [5.41, 5.74) is -0.219. The monoisotopic (exact) mass is 315 g/mol. The molecule has 2 rings (SSSR count). The van der Waals surface area contributed by atoms with Crippen molar-refractivity contribution in [3.63, 3.8) is 0 Å². The van der Waals surface area contributed by atoms with E-state index in [4.69, 9.17) is 5.26 Å². The molecular weight excluding hydrogens is 294 g/mol. The number of nitriles is 1. The average molecular weight is 315 g/mol. The Morgan fingerprint density at radius 2 is 2.09 bits per heavy atom. The highest BCUT2D eigenvalue weighted by Gasteiger charge is 2.43. The Bertz CT molecular complexity index is 656. The lowest BCUT2D eigenvalue weighted by atomic mass is 9.75. The molecule has 0 aliphatic heterocycles. The summed E-state index contributed by atoms with van der Waals surface area (Å²) in [5.74, 6) is -0.977. The van der Waals surface area contributed by atoms with Crippen LogP contribution >= 0.6 is 0 Å². The van der Waals surface area contributed by atoms with Crippen LogP contribution < -0.4 is 5.32 Å². The lowest BCUT2D eigenvalue weighted by molar-refractivity contribution is -0.146. The zero-order valence-electron chi connectivity index (χ0n) is 13.4. The molecule has 1 fully saturated rings. The summed E-state index contributed by atoms with van der Waals surface area (Å²) >= 11 is 0. The van der Waals surface area contributed by atoms with Crippen molar-refractivity contribution in [1.29, 1.82) is 5.26 Å². The Morgan fingerprint density at radius 3 is 2.57 bits per heavy atom. The van der Waals surface area contributed by atoms with Gasteiger partial charge in [-0.15, -0.1) is 0 Å². The van der Waals surface area contributed by atoms with E-state index in [2.05, 4.69) is 17.2 Å². The summed E-state index contributed by atoms with van der Waals surface area (Å²) in [6.07, 6.45) is 3.48. The van der Waals surface area contributed by atoms with Crippen LogP contribution in [0.5, 0.6) is 0 Å². The van der Waals surface area contributed by atoms with Crippen molar-refractivity contribution < 1.29 is 14.7 Å². The third-order valence-electron chi connectivity index (χ3n) is 4.74. The minimum Gasteiger partial charge on any atom is -0.480 e. The van der Waals surface area contributed by atoms with Gasteiger partial charge in [0.05, 0.1) is 11.3 Å². The van der Waals surface area contributed by atoms with E-state index in [1.165, 1.54) is 12.1 Å². The fourth-order valence-electron chi connectivity index (χ4n) is 3.06. The molecule has 1 aliphatic carbocycles. The molecule has 1 aliphatic rings. The molecule has 0 spiro atoms. The fourth-order valence-corrected chi connectivity index (χ4v) is 3.06. The number of carboxylic acids is 1. The first-order chi connectivity index (χ1) is 10.9. The first-order valence-electron chi connectivity index (χ1n) is 7.85. The molecule has 1 saturated carbocycles. The van der Waals surface area contributed by atoms with Crippen molar-refractivity contribution in [2.75, 3.05) is 0 Å². The summed E-state index contributed by atoms with van der Waals surface area (Å²) in [6, 6.07) is 4.97. The number of aromatic nitrogens is 1. The van der Waals surface area contributed by atoms with Crippen molar-refractivity contribution in [3.05, 3.63) is 29.1 Å². The molecule has 1 heterocycles. The Kier molecular flexibility index (Phi) is 4.99. The van der Waals surface area contributed by atoms with E-state index in [9.17, 15) is 14.7 Å². The third kappa shape index (κ3) is 3.50. The standard InChI is InChI=1S/C17H21N3O3/c1-3-12-6-8-17(9-7-12,16(22)23)20-15(21)14-5-4-13(10-18)11(2)19-14/h4-5,12H,3,6-9H2,1-2H3,(H,20,21)(H,22,23). The maximum atomic E-state index is 12.4. The number of aliphatic carboxylic acids is 1. The van der Waals surface area contributed by atoms with Crippen LogP contribution in [0.4, 0.5) is 0 Å². The molecule has 0 radical (unpaired) electrons. The van der Waals surface area contributed by atoms with Gasteiger partial charge < -0.3 is 10.4 Å². The molecule has 1 amide bonds. The number of nitrogens with zero attached hydrogens (tertiary/aromatic N) is 2. The molecule has 122 valence electrons. The van der Waals surface area contributed by atoms with Crippen LogP contribution in [0.1, 0.15) is 60.8 Å². The van der Waals surface area contributed by atoms with Crippen LogP contribution in [-0.2, 0) is 4.79 Å². The molecule has 1 aromatic rings. The number of hydrogen-bond acceptors (Lipinski definition) is 4. The van der Waals surface area contributed by atoms with E-state index < -0.39 is 17.4 Å². The second kappa shape index (κ2) is 6.78. The number of hydrogen-bond donors (Lipinski definition) is 2. The van der Waals surface area contributed by atoms with Crippen molar-refractivity contribution in [2.45, 2.75) is 51.5 Å². The summed E-state index contributed by atoms with van der Waals surface area (Å²) < 4.78 is 0. The van der Waals surface area contributed by atoms with Crippen LogP contribution in [0.25, 0.3) is 0 Å². The van der Waals surface area contributed by atoms with Gasteiger partial charge in [-0.3, -0.25) is 4.79 Å². The topological polar surface area (TPSA) is 103 Å². The Hall–Kier alpha value is -2.42. The van der Waals surface area contributed by atoms with E-state index in [1.807, 2.05) is 6.07 Å². The van der Waals surface area contributed by atoms with E-state index in [0.717, 1.165) is 19.3 Å². The van der Waals surface area contributed by atoms with Gasteiger partial charge in [0.2, 0.25) is 0 Å². The Balaban J connectivity index is 2.18. The van der Waals surface area contributed by atoms with E-state index >= 15 is 0 Å². The highest BCUT2D eigenvalue weighted by atomic mass is 16.4. The predicted molar refractivity (Wildman–Crippen MR) is 83.8 cm³/mol. The van der Waals surface area contributed by atoms with Crippen molar-refractivity contribution >= 4 is 11.9 Å². The average Bonchev–Trinajstić information content (AvgIpc) is 2.55. The first-order valence-corrected chi connectivity index (χ1v) is 7.85. The molecule has 23 heavy (non-hydrogen) atoms. The number of rotatable bonds is 4. The number of carboxylic acid groups (broad SMARTS) is 1. The maximum Gasteiger partial charge on any atom is 0.329 e. The zero-order valence-corrected chi connectivity index (χ0v) is 13.4. The number of nitrogens with one attached hydrogen (secondary N) is 1. The van der Waals surface area contributed by atoms with E-state index in [1.54, 1.807) is 6.92 Å². The number of carbonyl (C=O) groups is 2. The van der Waals surface area contributed by atoms with Crippen LogP contribution in [0.2, 0.25) is 0 Å². The lowest BCUT2D eigenvalue weighted by Gasteiger charge is -2.37. The van der Waals surface area contributed by atoms with Crippen molar-refractivity contribution in [1.82, 2.24) is 10.3 Å². The van der Waals surface area contributed by atoms with Gasteiger partial charge >= 0.3 is 5.97 Å². The van der Waals surface area contributed by atoms with Crippen LogP contribution in [0, 0.1) is 24.2 Å². The number of pyridine rings is 1. The molecule has 6 heteroatoms. The molecular formula is C17H21N3O3. The van der Waals surface area contributed by atoms with Gasteiger partial charge in [0.25, 0.3) is 5.91 Å². The second-order valence-electron chi connectivity index (χ2n) is 6.13. The summed E-state index contributed by atoms with van der Waals surface area (Å²) in [6.45, 7) is 3.75. The van der Waals surface area contributed by atoms with E-state index in [0.29, 0.717) is 30.0 Å². The molecule has 0 saturated heterocycles. The lowest BCUT2D eigenvalue weighted by Crippen LogP contribution is -2.56. The van der Waals surface area contributed by atoms with Gasteiger partial charge in [-0.05, 0) is 50.7 Å². The maximum absolute atomic E-state index is 12.4. The molecule has 0 aromatic carbocycles. The van der Waals surface area contributed by atoms with Crippen molar-refractivity contribution in [2.24, 2.45) is 5.92 Å². The van der Waals surface area contributed by atoms with Gasteiger partial charge in [0, 0.05) is 0 Å². The molecule has 0 bridgehead atoms. The molecule has 0 unspecified atom stereocenters. The Labute approximate surface area is 135 Å². The molecule has 1 aromatic heterocycles. The van der Waals surface area contributed by atoms with Gasteiger partial charge in [0.1, 0.15) is 17.3 Å². The third-order valence-corrected chi connectivity index (χ3v) is 4.74. The Morgan fingerprint density at radius 1 is 1.43 bits per heavy atom. The normalized spacial score (nSPS) is 23.8. The van der Waals surface area contributed by atoms with E-state index in [-0.39, 0.29) is 5.69 Å². The smallest absolute Gasteiger partial charge is 0.329 e. The summed E-state index contributed by atoms with van der Waals surface area (Å²) in [7, 11) is 0. The first kappa shape index (κ1) is 16.9. The van der Waals surface area contributed by atoms with Crippen molar-refractivity contribution in [3.8, 4) is 6.07 Å². The highest BCUT2D eigenvalue weighted by Crippen LogP contribution is 2.34. The summed E-state index contributed by atoms with van der Waals surface area (Å²) in [5, 5.41) is 21.2. The van der Waals surface area contributed by atoms with Crippen LogP contribution in [0.3, 0.4) is 0 Å². The zero-order chi connectivity index (χ0) is 17.0. The second-order valence-corrected chi connectivity index (χ2v) is 6.13. The minimum atomic E-state index is -1.22. The minimum absolute atomic E-state index is 0.139. The van der Waals surface area contributed by atoms with Gasteiger partial charge in [-0.2, -0.15) is 5.26 Å². The predicted octanol–water partition coefficient (Wildman–Crippen LogP) is 2.42. The largest absolute Gasteiger partial charge is 0.480 e. The van der Waals surface area contributed by atoms with Crippen LogP contribution in [-0.4, -0.2) is 27.5 Å². The number of amides is 1. The molecule has 0 atom stereocenters. The summed E-state index contributed by atoms with van der Waals surface area (Å²) in [4.78, 5) is 28.2. The van der Waals surface area contributed by atoms with Gasteiger partial charge in [-0.25, -0.2) is 9.78 Å². The number of aryl methyl sites for hydroxylation is 1.